The molecule has 1 unspecified atom stereocenters. The highest BCUT2D eigenvalue weighted by Gasteiger charge is 2.21. The van der Waals surface area contributed by atoms with Crippen LogP contribution in [-0.2, 0) is 4.79 Å². The zero-order chi connectivity index (χ0) is 15.2. The van der Waals surface area contributed by atoms with E-state index in [1.54, 1.807) is 10.9 Å². The number of nitrogens with one attached hydrogen (secondary N) is 2. The minimum atomic E-state index is -0.784. The van der Waals surface area contributed by atoms with Gasteiger partial charge in [-0.2, -0.15) is 0 Å². The van der Waals surface area contributed by atoms with E-state index < -0.39 is 5.97 Å². The van der Waals surface area contributed by atoms with Gasteiger partial charge in [0.15, 0.2) is 5.69 Å². The zero-order valence-electron chi connectivity index (χ0n) is 12.1. The standard InChI is InChI=1S/C13H21N5O3/c1-9(2-3-12(19)20)4-5-15-13(21)11-8-18(17-16-11)10-6-14-7-10/h8-10,14H,2-7H2,1H3,(H,15,21)(H,19,20). The molecule has 0 aromatic carbocycles. The first-order valence-electron chi connectivity index (χ1n) is 7.19. The van der Waals surface area contributed by atoms with Crippen LogP contribution in [0.1, 0.15) is 42.7 Å². The van der Waals surface area contributed by atoms with Crippen molar-refractivity contribution in [3.8, 4) is 0 Å². The lowest BCUT2D eigenvalue weighted by molar-refractivity contribution is -0.137. The molecular weight excluding hydrogens is 274 g/mol. The highest BCUT2D eigenvalue weighted by Crippen LogP contribution is 2.11. The summed E-state index contributed by atoms with van der Waals surface area (Å²) in [5.41, 5.74) is 0.320. The summed E-state index contributed by atoms with van der Waals surface area (Å²) in [5, 5.41) is 22.4. The van der Waals surface area contributed by atoms with Gasteiger partial charge in [0.2, 0.25) is 0 Å². The molecular formula is C13H21N5O3. The first-order valence-corrected chi connectivity index (χ1v) is 7.19. The Morgan fingerprint density at radius 3 is 2.90 bits per heavy atom. The van der Waals surface area contributed by atoms with Crippen molar-refractivity contribution in [3.63, 3.8) is 0 Å². The maximum absolute atomic E-state index is 11.9. The predicted octanol–water partition coefficient (Wildman–Crippen LogP) is 0.0432. The number of aliphatic carboxylic acids is 1. The minimum Gasteiger partial charge on any atom is -0.481 e. The Bertz CT molecular complexity index is 498. The molecule has 1 aliphatic rings. The molecule has 1 fully saturated rings. The Morgan fingerprint density at radius 1 is 1.52 bits per heavy atom. The topological polar surface area (TPSA) is 109 Å². The van der Waals surface area contributed by atoms with Gasteiger partial charge in [-0.25, -0.2) is 4.68 Å². The van der Waals surface area contributed by atoms with E-state index in [0.717, 1.165) is 19.5 Å². The molecule has 0 bridgehead atoms. The third-order valence-electron chi connectivity index (χ3n) is 3.65. The highest BCUT2D eigenvalue weighted by atomic mass is 16.4. The van der Waals surface area contributed by atoms with E-state index in [1.807, 2.05) is 6.92 Å². The van der Waals surface area contributed by atoms with Gasteiger partial charge in [0.1, 0.15) is 0 Å². The Morgan fingerprint density at radius 2 is 2.29 bits per heavy atom. The molecule has 8 heteroatoms. The van der Waals surface area contributed by atoms with Gasteiger partial charge in [-0.3, -0.25) is 9.59 Å². The number of carbonyl (C=O) groups is 2. The van der Waals surface area contributed by atoms with Crippen LogP contribution in [0.4, 0.5) is 0 Å². The molecule has 2 heterocycles. The molecule has 0 aliphatic carbocycles. The van der Waals surface area contributed by atoms with Gasteiger partial charge < -0.3 is 15.7 Å². The van der Waals surface area contributed by atoms with Crippen molar-refractivity contribution < 1.29 is 14.7 Å². The van der Waals surface area contributed by atoms with Gasteiger partial charge >= 0.3 is 5.97 Å². The fourth-order valence-corrected chi connectivity index (χ4v) is 2.06. The highest BCUT2D eigenvalue weighted by molar-refractivity contribution is 5.91. The van der Waals surface area contributed by atoms with Gasteiger partial charge in [0.25, 0.3) is 5.91 Å². The van der Waals surface area contributed by atoms with Crippen molar-refractivity contribution >= 4 is 11.9 Å². The summed E-state index contributed by atoms with van der Waals surface area (Å²) in [6, 6.07) is 0.287. The number of carboxylic acid groups (broad SMARTS) is 1. The van der Waals surface area contributed by atoms with Crippen LogP contribution in [0.25, 0.3) is 0 Å². The summed E-state index contributed by atoms with van der Waals surface area (Å²) in [7, 11) is 0. The van der Waals surface area contributed by atoms with E-state index in [0.29, 0.717) is 18.7 Å². The van der Waals surface area contributed by atoms with Gasteiger partial charge in [0, 0.05) is 26.1 Å². The average Bonchev–Trinajstić information content (AvgIpc) is 2.83. The van der Waals surface area contributed by atoms with Gasteiger partial charge in [-0.15, -0.1) is 5.10 Å². The maximum atomic E-state index is 11.9. The molecule has 0 saturated carbocycles. The molecule has 1 aliphatic heterocycles. The number of nitrogens with zero attached hydrogens (tertiary/aromatic N) is 3. The zero-order valence-corrected chi connectivity index (χ0v) is 12.1. The Balaban J connectivity index is 1.69. The fourth-order valence-electron chi connectivity index (χ4n) is 2.06. The molecule has 8 nitrogen and oxygen atoms in total. The smallest absolute Gasteiger partial charge is 0.303 e. The van der Waals surface area contributed by atoms with Crippen molar-refractivity contribution in [3.05, 3.63) is 11.9 Å². The van der Waals surface area contributed by atoms with E-state index in [4.69, 9.17) is 5.11 Å². The Hall–Kier alpha value is -1.96. The van der Waals surface area contributed by atoms with Crippen LogP contribution in [0, 0.1) is 5.92 Å². The third-order valence-corrected chi connectivity index (χ3v) is 3.65. The van der Waals surface area contributed by atoms with Crippen LogP contribution in [0.5, 0.6) is 0 Å². The van der Waals surface area contributed by atoms with E-state index in [-0.39, 0.29) is 24.3 Å². The molecule has 3 N–H and O–H groups in total. The molecule has 21 heavy (non-hydrogen) atoms. The second-order valence-corrected chi connectivity index (χ2v) is 5.48. The summed E-state index contributed by atoms with van der Waals surface area (Å²) in [4.78, 5) is 22.4. The molecule has 1 amide bonds. The lowest BCUT2D eigenvalue weighted by Gasteiger charge is -2.26. The summed E-state index contributed by atoms with van der Waals surface area (Å²) >= 11 is 0. The predicted molar refractivity (Wildman–Crippen MR) is 74.9 cm³/mol. The van der Waals surface area contributed by atoms with Gasteiger partial charge in [-0.05, 0) is 18.8 Å². The lowest BCUT2D eigenvalue weighted by Crippen LogP contribution is -2.43. The maximum Gasteiger partial charge on any atom is 0.303 e. The largest absolute Gasteiger partial charge is 0.481 e. The van der Waals surface area contributed by atoms with E-state index in [1.165, 1.54) is 0 Å². The van der Waals surface area contributed by atoms with Crippen LogP contribution >= 0.6 is 0 Å². The summed E-state index contributed by atoms with van der Waals surface area (Å²) < 4.78 is 1.71. The van der Waals surface area contributed by atoms with Crippen LogP contribution < -0.4 is 10.6 Å². The van der Waals surface area contributed by atoms with Crippen molar-refractivity contribution in [1.29, 1.82) is 0 Å². The molecule has 1 aromatic heterocycles. The quantitative estimate of drug-likeness (QED) is 0.625. The molecule has 0 spiro atoms. The SMILES string of the molecule is CC(CCNC(=O)c1cn(C2CNC2)nn1)CCC(=O)O. The first kappa shape index (κ1) is 15.4. The van der Waals surface area contributed by atoms with Gasteiger partial charge in [0.05, 0.1) is 12.2 Å². The molecule has 1 atom stereocenters. The van der Waals surface area contributed by atoms with Gasteiger partial charge in [-0.1, -0.05) is 12.1 Å². The van der Waals surface area contributed by atoms with Crippen molar-refractivity contribution in [1.82, 2.24) is 25.6 Å². The molecule has 1 aromatic rings. The van der Waals surface area contributed by atoms with Crippen molar-refractivity contribution in [2.45, 2.75) is 32.2 Å². The van der Waals surface area contributed by atoms with Crippen LogP contribution in [-0.4, -0.2) is 51.6 Å². The molecule has 2 rings (SSSR count). The monoisotopic (exact) mass is 295 g/mol. The Labute approximate surface area is 122 Å². The number of amides is 1. The van der Waals surface area contributed by atoms with Crippen molar-refractivity contribution in [2.75, 3.05) is 19.6 Å². The normalized spacial score (nSPS) is 16.2. The molecule has 1 saturated heterocycles. The number of hydrogen-bond acceptors (Lipinski definition) is 5. The van der Waals surface area contributed by atoms with E-state index in [9.17, 15) is 9.59 Å². The summed E-state index contributed by atoms with van der Waals surface area (Å²) in [6.45, 7) is 4.20. The first-order chi connectivity index (χ1) is 10.1. The number of hydrogen-bond donors (Lipinski definition) is 3. The van der Waals surface area contributed by atoms with Crippen LogP contribution in [0.15, 0.2) is 6.20 Å². The minimum absolute atomic E-state index is 0.166. The fraction of sp³-hybridized carbons (Fsp3) is 0.692. The summed E-state index contributed by atoms with van der Waals surface area (Å²) in [5.74, 6) is -0.759. The van der Waals surface area contributed by atoms with E-state index in [2.05, 4.69) is 20.9 Å². The number of aromatic nitrogens is 3. The van der Waals surface area contributed by atoms with E-state index >= 15 is 0 Å². The molecule has 0 radical (unpaired) electrons. The summed E-state index contributed by atoms with van der Waals surface area (Å²) in [6.07, 6.45) is 3.20. The lowest BCUT2D eigenvalue weighted by atomic mass is 10.0. The number of rotatable bonds is 8. The average molecular weight is 295 g/mol. The van der Waals surface area contributed by atoms with Crippen molar-refractivity contribution in [2.24, 2.45) is 5.92 Å². The second-order valence-electron chi connectivity index (χ2n) is 5.48. The number of carbonyl (C=O) groups excluding carboxylic acids is 1. The van der Waals surface area contributed by atoms with Crippen LogP contribution in [0.3, 0.4) is 0 Å². The third kappa shape index (κ3) is 4.52. The number of carboxylic acids is 1. The van der Waals surface area contributed by atoms with Crippen LogP contribution in [0.2, 0.25) is 0 Å². The molecule has 116 valence electrons. The Kier molecular flexibility index (Phi) is 5.26. The second kappa shape index (κ2) is 7.16.